The predicted molar refractivity (Wildman–Crippen MR) is 141 cm³/mol. The van der Waals surface area contributed by atoms with Gasteiger partial charge in [-0.15, -0.1) is 0 Å². The Morgan fingerprint density at radius 2 is 1.83 bits per heavy atom. The zero-order chi connectivity index (χ0) is 30.1. The second kappa shape index (κ2) is 11.2. The molecule has 2 N–H and O–H groups in total. The van der Waals surface area contributed by atoms with E-state index in [9.17, 15) is 35.6 Å². The van der Waals surface area contributed by atoms with Gasteiger partial charge in [0.15, 0.2) is 0 Å². The molecule has 0 fully saturated rings. The lowest BCUT2D eigenvalue weighted by Gasteiger charge is -2.15. The van der Waals surface area contributed by atoms with Crippen LogP contribution >= 0.6 is 0 Å². The Morgan fingerprint density at radius 3 is 2.49 bits per heavy atom. The summed E-state index contributed by atoms with van der Waals surface area (Å²) in [6.45, 7) is 1.74. The number of ether oxygens (including phenoxy) is 1. The van der Waals surface area contributed by atoms with E-state index in [0.29, 0.717) is 28.8 Å². The molecule has 2 aromatic heterocycles. The number of nitrogens with zero attached hydrogens (tertiary/aromatic N) is 3. The minimum absolute atomic E-state index is 0.0845. The smallest absolute Gasteiger partial charge is 0.419 e. The first-order chi connectivity index (χ1) is 19.2. The highest BCUT2D eigenvalue weighted by atomic mass is 32.2. The van der Waals surface area contributed by atoms with E-state index in [-0.39, 0.29) is 35.5 Å². The van der Waals surface area contributed by atoms with Crippen LogP contribution in [0.5, 0.6) is 5.88 Å². The van der Waals surface area contributed by atoms with Crippen LogP contribution in [0.3, 0.4) is 0 Å². The number of hydrogen-bond donors (Lipinski definition) is 2. The maximum Gasteiger partial charge on any atom is 0.419 e. The van der Waals surface area contributed by atoms with E-state index in [1.807, 2.05) is 0 Å². The molecule has 0 aliphatic rings. The summed E-state index contributed by atoms with van der Waals surface area (Å²) in [7, 11) is -1.94. The van der Waals surface area contributed by atoms with E-state index in [4.69, 9.17) is 4.74 Å². The number of anilines is 1. The first kappa shape index (κ1) is 29.5. The molecular weight excluding hydrogens is 570 g/mol. The van der Waals surface area contributed by atoms with Crippen molar-refractivity contribution >= 4 is 32.5 Å². The van der Waals surface area contributed by atoms with Crippen molar-refractivity contribution < 1.29 is 35.5 Å². The van der Waals surface area contributed by atoms with Crippen molar-refractivity contribution in [3.8, 4) is 17.0 Å². The number of methoxy groups -OCH3 is 1. The van der Waals surface area contributed by atoms with Gasteiger partial charge in [0.25, 0.3) is 15.6 Å². The highest BCUT2D eigenvalue weighted by Crippen LogP contribution is 2.34. The second-order valence-electron chi connectivity index (χ2n) is 8.98. The van der Waals surface area contributed by atoms with Crippen molar-refractivity contribution in [2.75, 3.05) is 18.9 Å². The molecule has 41 heavy (non-hydrogen) atoms. The maximum atomic E-state index is 13.7. The van der Waals surface area contributed by atoms with Gasteiger partial charge >= 0.3 is 6.18 Å². The fraction of sp³-hybridized carbons (Fsp3) is 0.231. The summed E-state index contributed by atoms with van der Waals surface area (Å²) in [4.78, 5) is 32.6. The zero-order valence-corrected chi connectivity index (χ0v) is 22.6. The molecule has 1 atom stereocenters. The van der Waals surface area contributed by atoms with E-state index in [1.165, 1.54) is 43.4 Å². The standard InChI is InChI=1S/C26H23F4N5O5S/c1-14(23(36)31-2)12-35-13-33-21-7-4-15(8-18(21)25(35)37)16-9-22(24(40-3)32-11-16)34-41(38,39)17-5-6-20(27)19(10-17)26(28,29)30/h4-11,13-14,34H,12H2,1-3H3,(H,31,36). The molecule has 0 bridgehead atoms. The van der Waals surface area contributed by atoms with E-state index in [1.54, 1.807) is 19.1 Å². The number of pyridine rings is 1. The number of carbonyl (C=O) groups excluding carboxylic acids is 1. The third-order valence-corrected chi connectivity index (χ3v) is 7.53. The molecule has 15 heteroatoms. The molecule has 0 radical (unpaired) electrons. The average Bonchev–Trinajstić information content (AvgIpc) is 2.93. The molecule has 10 nitrogen and oxygen atoms in total. The number of alkyl halides is 3. The van der Waals surface area contributed by atoms with Crippen LogP contribution in [0.15, 0.2) is 64.7 Å². The quantitative estimate of drug-likeness (QED) is 0.297. The lowest BCUT2D eigenvalue weighted by Crippen LogP contribution is -2.32. The normalized spacial score (nSPS) is 12.7. The number of nitrogens with one attached hydrogen (secondary N) is 2. The summed E-state index contributed by atoms with van der Waals surface area (Å²) in [6.07, 6.45) is -2.43. The van der Waals surface area contributed by atoms with E-state index in [0.717, 1.165) is 0 Å². The van der Waals surface area contributed by atoms with Crippen molar-refractivity contribution in [3.63, 3.8) is 0 Å². The summed E-state index contributed by atoms with van der Waals surface area (Å²) < 4.78 is 87.6. The largest absolute Gasteiger partial charge is 0.480 e. The van der Waals surface area contributed by atoms with Crippen molar-refractivity contribution in [2.45, 2.75) is 24.5 Å². The topological polar surface area (TPSA) is 132 Å². The summed E-state index contributed by atoms with van der Waals surface area (Å²) >= 11 is 0. The Bertz CT molecular complexity index is 1810. The summed E-state index contributed by atoms with van der Waals surface area (Å²) in [5.74, 6) is -2.57. The number of rotatable bonds is 8. The number of benzene rings is 2. The third-order valence-electron chi connectivity index (χ3n) is 6.16. The molecule has 1 amide bonds. The van der Waals surface area contributed by atoms with Gasteiger partial charge in [-0.1, -0.05) is 13.0 Å². The predicted octanol–water partition coefficient (Wildman–Crippen LogP) is 3.81. The molecule has 0 spiro atoms. The minimum Gasteiger partial charge on any atom is -0.480 e. The van der Waals surface area contributed by atoms with Gasteiger partial charge in [0.05, 0.1) is 40.7 Å². The minimum atomic E-state index is -5.11. The molecule has 4 aromatic rings. The van der Waals surface area contributed by atoms with Crippen LogP contribution in [-0.2, 0) is 27.5 Å². The molecule has 216 valence electrons. The Morgan fingerprint density at radius 1 is 1.10 bits per heavy atom. The van der Waals surface area contributed by atoms with Crippen LogP contribution in [0, 0.1) is 11.7 Å². The third kappa shape index (κ3) is 6.14. The number of amides is 1. The van der Waals surface area contributed by atoms with Crippen LogP contribution in [0.2, 0.25) is 0 Å². The highest BCUT2D eigenvalue weighted by Gasteiger charge is 2.35. The molecule has 1 unspecified atom stereocenters. The summed E-state index contributed by atoms with van der Waals surface area (Å²) in [5, 5.41) is 2.74. The number of fused-ring (bicyclic) bond motifs is 1. The molecule has 4 rings (SSSR count). The van der Waals surface area contributed by atoms with Gasteiger partial charge in [-0.3, -0.25) is 18.9 Å². The van der Waals surface area contributed by atoms with Gasteiger partial charge in [-0.05, 0) is 42.0 Å². The number of hydrogen-bond acceptors (Lipinski definition) is 7. The van der Waals surface area contributed by atoms with Gasteiger partial charge in [0, 0.05) is 25.4 Å². The summed E-state index contributed by atoms with van der Waals surface area (Å²) in [6, 6.07) is 7.32. The van der Waals surface area contributed by atoms with Crippen molar-refractivity contribution in [2.24, 2.45) is 5.92 Å². The molecule has 0 saturated heterocycles. The molecule has 2 heterocycles. The van der Waals surface area contributed by atoms with Crippen LogP contribution in [0.25, 0.3) is 22.0 Å². The first-order valence-electron chi connectivity index (χ1n) is 11.9. The van der Waals surface area contributed by atoms with Crippen molar-refractivity contribution in [3.05, 3.63) is 76.7 Å². The Hall–Kier alpha value is -4.53. The number of sulfonamides is 1. The van der Waals surface area contributed by atoms with Crippen molar-refractivity contribution in [1.82, 2.24) is 19.9 Å². The number of carbonyl (C=O) groups is 1. The fourth-order valence-corrected chi connectivity index (χ4v) is 5.11. The molecule has 0 aliphatic carbocycles. The Labute approximate surface area is 231 Å². The SMILES string of the molecule is CNC(=O)C(C)Cn1cnc2ccc(-c3cnc(OC)c(NS(=O)(=O)c4ccc(F)c(C(F)(F)F)c4)c3)cc2c1=O. The molecule has 0 saturated carbocycles. The van der Waals surface area contributed by atoms with Gasteiger partial charge in [-0.2, -0.15) is 13.2 Å². The van der Waals surface area contributed by atoms with Gasteiger partial charge < -0.3 is 10.1 Å². The first-order valence-corrected chi connectivity index (χ1v) is 13.4. The van der Waals surface area contributed by atoms with Crippen LogP contribution in [-0.4, -0.2) is 43.0 Å². The van der Waals surface area contributed by atoms with Crippen LogP contribution in [0.4, 0.5) is 23.2 Å². The molecule has 2 aromatic carbocycles. The van der Waals surface area contributed by atoms with E-state index in [2.05, 4.69) is 20.0 Å². The van der Waals surface area contributed by atoms with Gasteiger partial charge in [0.2, 0.25) is 11.8 Å². The maximum absolute atomic E-state index is 13.7. The Balaban J connectivity index is 1.73. The monoisotopic (exact) mass is 593 g/mol. The van der Waals surface area contributed by atoms with Gasteiger partial charge in [0.1, 0.15) is 11.5 Å². The molecular formula is C26H23F4N5O5S. The Kier molecular flexibility index (Phi) is 8.01. The van der Waals surface area contributed by atoms with Crippen LogP contribution in [0.1, 0.15) is 12.5 Å². The van der Waals surface area contributed by atoms with Crippen molar-refractivity contribution in [1.29, 1.82) is 0 Å². The van der Waals surface area contributed by atoms with Crippen LogP contribution < -0.4 is 20.3 Å². The zero-order valence-electron chi connectivity index (χ0n) is 21.8. The van der Waals surface area contributed by atoms with E-state index >= 15 is 0 Å². The second-order valence-corrected chi connectivity index (χ2v) is 10.7. The number of halogens is 4. The van der Waals surface area contributed by atoms with E-state index < -0.39 is 44.0 Å². The fourth-order valence-electron chi connectivity index (χ4n) is 4.03. The van der Waals surface area contributed by atoms with Gasteiger partial charge in [-0.25, -0.2) is 22.8 Å². The number of aromatic nitrogens is 3. The molecule has 0 aliphatic heterocycles. The lowest BCUT2D eigenvalue weighted by atomic mass is 10.0. The lowest BCUT2D eigenvalue weighted by molar-refractivity contribution is -0.140. The summed E-state index contributed by atoms with van der Waals surface area (Å²) in [5.41, 5.74) is -1.22. The highest BCUT2D eigenvalue weighted by molar-refractivity contribution is 7.92. The average molecular weight is 594 g/mol.